The first-order valence-corrected chi connectivity index (χ1v) is 12.2. The van der Waals surface area contributed by atoms with E-state index in [1.165, 1.54) is 29.6 Å². The second-order valence-electron chi connectivity index (χ2n) is 6.71. The first kappa shape index (κ1) is 21.7. The van der Waals surface area contributed by atoms with Crippen LogP contribution in [0.3, 0.4) is 0 Å². The second-order valence-corrected chi connectivity index (χ2v) is 9.76. The minimum absolute atomic E-state index is 0.123. The zero-order valence-corrected chi connectivity index (χ0v) is 18.1. The van der Waals surface area contributed by atoms with Gasteiger partial charge in [0.05, 0.1) is 29.6 Å². The molecule has 9 heteroatoms. The average molecular weight is 439 g/mol. The highest BCUT2D eigenvalue weighted by atomic mass is 32.2. The predicted octanol–water partition coefficient (Wildman–Crippen LogP) is 3.13. The fourth-order valence-electron chi connectivity index (χ4n) is 3.18. The molecule has 7 nitrogen and oxygen atoms in total. The van der Waals surface area contributed by atoms with Crippen LogP contribution in [-0.2, 0) is 15.8 Å². The maximum Gasteiger partial charge on any atom is 0.255 e. The zero-order valence-electron chi connectivity index (χ0n) is 16.4. The summed E-state index contributed by atoms with van der Waals surface area (Å²) in [6, 6.07) is 8.20. The minimum Gasteiger partial charge on any atom is -0.496 e. The molecule has 0 spiro atoms. The summed E-state index contributed by atoms with van der Waals surface area (Å²) < 4.78 is 37.9. The Balaban J connectivity index is 1.63. The first-order chi connectivity index (χ1) is 14.0. The van der Waals surface area contributed by atoms with Crippen LogP contribution >= 0.6 is 11.8 Å². The van der Waals surface area contributed by atoms with Crippen molar-refractivity contribution in [3.8, 4) is 5.75 Å². The van der Waals surface area contributed by atoms with Crippen molar-refractivity contribution < 1.29 is 22.4 Å². The van der Waals surface area contributed by atoms with Gasteiger partial charge in [0, 0.05) is 25.4 Å². The van der Waals surface area contributed by atoms with Crippen molar-refractivity contribution in [2.75, 3.05) is 32.5 Å². The third-order valence-electron chi connectivity index (χ3n) is 4.72. The Labute approximate surface area is 175 Å². The van der Waals surface area contributed by atoms with Gasteiger partial charge in [-0.3, -0.25) is 4.79 Å². The lowest BCUT2D eigenvalue weighted by Crippen LogP contribution is -2.35. The molecule has 1 saturated heterocycles. The van der Waals surface area contributed by atoms with Crippen molar-refractivity contribution in [1.29, 1.82) is 0 Å². The molecular formula is C20H26N2O5S2. The van der Waals surface area contributed by atoms with E-state index in [2.05, 4.69) is 5.32 Å². The van der Waals surface area contributed by atoms with Gasteiger partial charge < -0.3 is 14.5 Å². The van der Waals surface area contributed by atoms with Crippen molar-refractivity contribution in [3.63, 3.8) is 0 Å². The number of carbonyl (C=O) groups excluding carboxylic acids is 1. The summed E-state index contributed by atoms with van der Waals surface area (Å²) in [5.41, 5.74) is 0.224. The quantitative estimate of drug-likeness (QED) is 0.605. The summed E-state index contributed by atoms with van der Waals surface area (Å²) in [6.07, 6.45) is 4.39. The van der Waals surface area contributed by atoms with Gasteiger partial charge in [-0.1, -0.05) is 6.42 Å². The van der Waals surface area contributed by atoms with Crippen LogP contribution in [0, 0.1) is 0 Å². The highest BCUT2D eigenvalue weighted by molar-refractivity contribution is 7.98. The number of benzene rings is 1. The fraction of sp³-hybridized carbons (Fsp3) is 0.450. The molecule has 1 fully saturated rings. The van der Waals surface area contributed by atoms with E-state index >= 15 is 0 Å². The molecule has 2 aromatic rings. The lowest BCUT2D eigenvalue weighted by Gasteiger charge is -2.26. The number of nitrogens with one attached hydrogen (secondary N) is 1. The number of ether oxygens (including phenoxy) is 1. The van der Waals surface area contributed by atoms with Crippen LogP contribution in [0.1, 0.15) is 35.4 Å². The molecule has 1 amide bonds. The monoisotopic (exact) mass is 438 g/mol. The summed E-state index contributed by atoms with van der Waals surface area (Å²) in [5.74, 6) is 2.33. The predicted molar refractivity (Wildman–Crippen MR) is 113 cm³/mol. The Kier molecular flexibility index (Phi) is 7.63. The van der Waals surface area contributed by atoms with Crippen LogP contribution in [0.5, 0.6) is 5.75 Å². The van der Waals surface area contributed by atoms with E-state index in [1.54, 1.807) is 18.0 Å². The van der Waals surface area contributed by atoms with Gasteiger partial charge in [0.15, 0.2) is 0 Å². The molecule has 2 heterocycles. The van der Waals surface area contributed by atoms with Crippen LogP contribution in [0.2, 0.25) is 0 Å². The smallest absolute Gasteiger partial charge is 0.255 e. The molecule has 0 saturated carbocycles. The highest BCUT2D eigenvalue weighted by Gasteiger charge is 2.27. The summed E-state index contributed by atoms with van der Waals surface area (Å²) in [7, 11) is -2.15. The van der Waals surface area contributed by atoms with E-state index in [9.17, 15) is 13.2 Å². The Hall–Kier alpha value is -1.97. The average Bonchev–Trinajstić information content (AvgIpc) is 3.27. The van der Waals surface area contributed by atoms with Gasteiger partial charge in [-0.05, 0) is 43.2 Å². The maximum absolute atomic E-state index is 12.9. The van der Waals surface area contributed by atoms with E-state index < -0.39 is 10.0 Å². The molecule has 1 aromatic carbocycles. The number of thioether (sulfide) groups is 1. The summed E-state index contributed by atoms with van der Waals surface area (Å²) in [5, 5.41) is 2.83. The molecule has 0 unspecified atom stereocenters. The number of hydrogen-bond donors (Lipinski definition) is 1. The molecule has 0 bridgehead atoms. The van der Waals surface area contributed by atoms with Gasteiger partial charge in [0.1, 0.15) is 11.5 Å². The topological polar surface area (TPSA) is 88.9 Å². The standard InChI is InChI=1S/C20H26N2O5S2/c1-26-19-8-7-17(29(24,25)22-10-3-2-4-11-22)14-18(19)20(23)21-9-13-28-15-16-6-5-12-27-16/h5-8,12,14H,2-4,9-11,13,15H2,1H3,(H,21,23). The van der Waals surface area contributed by atoms with Crippen LogP contribution < -0.4 is 10.1 Å². The van der Waals surface area contributed by atoms with Crippen LogP contribution in [0.4, 0.5) is 0 Å². The van der Waals surface area contributed by atoms with Crippen molar-refractivity contribution in [3.05, 3.63) is 47.9 Å². The van der Waals surface area contributed by atoms with Gasteiger partial charge in [0.2, 0.25) is 10.0 Å². The van der Waals surface area contributed by atoms with Gasteiger partial charge in [-0.25, -0.2) is 8.42 Å². The van der Waals surface area contributed by atoms with E-state index in [-0.39, 0.29) is 16.4 Å². The van der Waals surface area contributed by atoms with E-state index in [1.807, 2.05) is 12.1 Å². The minimum atomic E-state index is -3.61. The Morgan fingerprint density at radius 3 is 2.72 bits per heavy atom. The van der Waals surface area contributed by atoms with Gasteiger partial charge >= 0.3 is 0 Å². The Morgan fingerprint density at radius 1 is 1.24 bits per heavy atom. The van der Waals surface area contributed by atoms with Crippen LogP contribution in [-0.4, -0.2) is 51.1 Å². The van der Waals surface area contributed by atoms with Crippen LogP contribution in [0.15, 0.2) is 45.9 Å². The molecule has 29 heavy (non-hydrogen) atoms. The molecule has 3 rings (SSSR count). The largest absolute Gasteiger partial charge is 0.496 e. The SMILES string of the molecule is COc1ccc(S(=O)(=O)N2CCCCC2)cc1C(=O)NCCSCc1ccco1. The van der Waals surface area contributed by atoms with Crippen molar-refractivity contribution in [2.24, 2.45) is 0 Å². The lowest BCUT2D eigenvalue weighted by atomic mass is 10.2. The first-order valence-electron chi connectivity index (χ1n) is 9.59. The number of sulfonamides is 1. The number of methoxy groups -OCH3 is 1. The number of hydrogen-bond acceptors (Lipinski definition) is 6. The highest BCUT2D eigenvalue weighted by Crippen LogP contribution is 2.26. The molecule has 158 valence electrons. The molecule has 1 aromatic heterocycles. The van der Waals surface area contributed by atoms with Crippen molar-refractivity contribution in [1.82, 2.24) is 9.62 Å². The second kappa shape index (κ2) is 10.2. The van der Waals surface area contributed by atoms with Crippen molar-refractivity contribution >= 4 is 27.7 Å². The number of piperidine rings is 1. The fourth-order valence-corrected chi connectivity index (χ4v) is 5.48. The van der Waals surface area contributed by atoms with E-state index in [0.717, 1.165) is 30.8 Å². The zero-order chi connectivity index (χ0) is 20.7. The number of rotatable bonds is 9. The molecule has 0 atom stereocenters. The van der Waals surface area contributed by atoms with Crippen molar-refractivity contribution in [2.45, 2.75) is 29.9 Å². The van der Waals surface area contributed by atoms with E-state index in [0.29, 0.717) is 31.1 Å². The van der Waals surface area contributed by atoms with Crippen LogP contribution in [0.25, 0.3) is 0 Å². The number of amides is 1. The Bertz CT molecular complexity index is 907. The number of carbonyl (C=O) groups is 1. The van der Waals surface area contributed by atoms with Gasteiger partial charge in [-0.15, -0.1) is 0 Å². The van der Waals surface area contributed by atoms with Gasteiger partial charge in [-0.2, -0.15) is 16.1 Å². The molecule has 0 aliphatic carbocycles. The molecule has 1 aliphatic heterocycles. The Morgan fingerprint density at radius 2 is 2.03 bits per heavy atom. The maximum atomic E-state index is 12.9. The summed E-state index contributed by atoms with van der Waals surface area (Å²) >= 11 is 1.64. The third kappa shape index (κ3) is 5.55. The number of furan rings is 1. The van der Waals surface area contributed by atoms with Gasteiger partial charge in [0.25, 0.3) is 5.91 Å². The lowest BCUT2D eigenvalue weighted by molar-refractivity contribution is 0.0953. The molecule has 1 aliphatic rings. The third-order valence-corrected chi connectivity index (χ3v) is 7.60. The number of nitrogens with zero attached hydrogens (tertiary/aromatic N) is 1. The normalized spacial score (nSPS) is 15.2. The molecule has 1 N–H and O–H groups in total. The molecule has 0 radical (unpaired) electrons. The molecular weight excluding hydrogens is 412 g/mol. The summed E-state index contributed by atoms with van der Waals surface area (Å²) in [4.78, 5) is 12.8. The van der Waals surface area contributed by atoms with E-state index in [4.69, 9.17) is 9.15 Å². The summed E-state index contributed by atoms with van der Waals surface area (Å²) in [6.45, 7) is 1.49.